The molecule has 134 valence electrons. The van der Waals surface area contributed by atoms with Crippen LogP contribution in [-0.4, -0.2) is 68.3 Å². The number of ether oxygens (including phenoxy) is 1. The van der Waals surface area contributed by atoms with Gasteiger partial charge < -0.3 is 15.4 Å². The van der Waals surface area contributed by atoms with Gasteiger partial charge in [0.1, 0.15) is 0 Å². The van der Waals surface area contributed by atoms with Crippen LogP contribution in [0.5, 0.6) is 0 Å². The van der Waals surface area contributed by atoms with E-state index in [1.165, 1.54) is 5.56 Å². The molecular weight excluding hydrogens is 302 g/mol. The van der Waals surface area contributed by atoms with Crippen molar-refractivity contribution in [3.63, 3.8) is 0 Å². The Morgan fingerprint density at radius 1 is 1.46 bits per heavy atom. The minimum Gasteiger partial charge on any atom is -0.374 e. The Bertz CT molecular complexity index is 491. The molecule has 0 radical (unpaired) electrons. The highest BCUT2D eigenvalue weighted by Crippen LogP contribution is 2.07. The largest absolute Gasteiger partial charge is 0.374 e. The van der Waals surface area contributed by atoms with Gasteiger partial charge in [0.15, 0.2) is 5.96 Å². The average molecular weight is 333 g/mol. The highest BCUT2D eigenvalue weighted by atomic mass is 16.5. The first-order valence-electron chi connectivity index (χ1n) is 8.84. The second-order valence-electron chi connectivity index (χ2n) is 6.64. The van der Waals surface area contributed by atoms with E-state index in [0.29, 0.717) is 5.92 Å². The first-order chi connectivity index (χ1) is 11.7. The molecule has 0 aromatic carbocycles. The van der Waals surface area contributed by atoms with Gasteiger partial charge in [-0.2, -0.15) is 0 Å². The Balaban J connectivity index is 1.67. The lowest BCUT2D eigenvalue weighted by Gasteiger charge is -2.34. The molecule has 6 heteroatoms. The first-order valence-corrected chi connectivity index (χ1v) is 8.84. The van der Waals surface area contributed by atoms with Crippen molar-refractivity contribution in [2.75, 3.05) is 46.4 Å². The summed E-state index contributed by atoms with van der Waals surface area (Å²) < 4.78 is 5.86. The lowest BCUT2D eigenvalue weighted by atomic mass is 10.2. The molecule has 0 amide bonds. The lowest BCUT2D eigenvalue weighted by Crippen LogP contribution is -2.50. The van der Waals surface area contributed by atoms with E-state index in [0.717, 1.165) is 51.7 Å². The van der Waals surface area contributed by atoms with E-state index in [1.54, 1.807) is 13.2 Å². The minimum atomic E-state index is 0.217. The molecule has 1 atom stereocenters. The zero-order chi connectivity index (χ0) is 17.2. The van der Waals surface area contributed by atoms with Crippen molar-refractivity contribution in [3.05, 3.63) is 30.1 Å². The van der Waals surface area contributed by atoms with Crippen LogP contribution in [0.15, 0.2) is 29.5 Å². The fourth-order valence-electron chi connectivity index (χ4n) is 2.89. The molecular formula is C18H31N5O. The second kappa shape index (κ2) is 10.3. The van der Waals surface area contributed by atoms with E-state index in [9.17, 15) is 0 Å². The van der Waals surface area contributed by atoms with Crippen LogP contribution in [0.3, 0.4) is 0 Å². The van der Waals surface area contributed by atoms with E-state index in [4.69, 9.17) is 4.74 Å². The summed E-state index contributed by atoms with van der Waals surface area (Å²) in [6.45, 7) is 10.1. The van der Waals surface area contributed by atoms with Crippen LogP contribution in [-0.2, 0) is 11.2 Å². The van der Waals surface area contributed by atoms with Crippen molar-refractivity contribution in [3.8, 4) is 0 Å². The molecule has 1 aromatic rings. The van der Waals surface area contributed by atoms with Gasteiger partial charge in [0, 0.05) is 52.2 Å². The van der Waals surface area contributed by atoms with Gasteiger partial charge in [-0.3, -0.25) is 14.9 Å². The fourth-order valence-corrected chi connectivity index (χ4v) is 2.89. The molecule has 2 N–H and O–H groups in total. The number of aromatic nitrogens is 1. The SMILES string of the molecule is CN=C(NCCc1cccnc1)NCC1CN(CC(C)C)CCO1. The van der Waals surface area contributed by atoms with Gasteiger partial charge in [-0.1, -0.05) is 19.9 Å². The summed E-state index contributed by atoms with van der Waals surface area (Å²) in [4.78, 5) is 10.9. The molecule has 0 spiro atoms. The Morgan fingerprint density at radius 3 is 3.04 bits per heavy atom. The van der Waals surface area contributed by atoms with Crippen molar-refractivity contribution < 1.29 is 4.74 Å². The van der Waals surface area contributed by atoms with Gasteiger partial charge in [0.05, 0.1) is 12.7 Å². The number of rotatable bonds is 7. The summed E-state index contributed by atoms with van der Waals surface area (Å²) in [6, 6.07) is 4.05. The molecule has 0 aliphatic carbocycles. The summed E-state index contributed by atoms with van der Waals surface area (Å²) in [5.74, 6) is 1.52. The summed E-state index contributed by atoms with van der Waals surface area (Å²) >= 11 is 0. The molecule has 1 unspecified atom stereocenters. The Hall–Kier alpha value is -1.66. The zero-order valence-electron chi connectivity index (χ0n) is 15.2. The molecule has 0 bridgehead atoms. The molecule has 2 rings (SSSR count). The van der Waals surface area contributed by atoms with Gasteiger partial charge in [0.25, 0.3) is 0 Å². The standard InChI is InChI=1S/C18H31N5O/c1-15(2)13-23-9-10-24-17(14-23)12-22-18(19-3)21-8-6-16-5-4-7-20-11-16/h4-5,7,11,15,17H,6,8-10,12-14H2,1-3H3,(H2,19,21,22). The predicted molar refractivity (Wildman–Crippen MR) is 98.3 cm³/mol. The van der Waals surface area contributed by atoms with Gasteiger partial charge in [-0.05, 0) is 24.0 Å². The summed E-state index contributed by atoms with van der Waals surface area (Å²) in [7, 11) is 1.80. The van der Waals surface area contributed by atoms with Crippen molar-refractivity contribution >= 4 is 5.96 Å². The highest BCUT2D eigenvalue weighted by Gasteiger charge is 2.20. The normalized spacial score (nSPS) is 19.5. The zero-order valence-corrected chi connectivity index (χ0v) is 15.2. The number of guanidine groups is 1. The number of morpholine rings is 1. The number of nitrogens with zero attached hydrogens (tertiary/aromatic N) is 3. The molecule has 1 saturated heterocycles. The number of hydrogen-bond donors (Lipinski definition) is 2. The Labute approximate surface area is 145 Å². The molecule has 1 aliphatic heterocycles. The number of pyridine rings is 1. The lowest BCUT2D eigenvalue weighted by molar-refractivity contribution is -0.0284. The van der Waals surface area contributed by atoms with Crippen LogP contribution in [0.1, 0.15) is 19.4 Å². The van der Waals surface area contributed by atoms with Gasteiger partial charge in [-0.25, -0.2) is 0 Å². The average Bonchev–Trinajstić information content (AvgIpc) is 2.58. The maximum atomic E-state index is 5.86. The summed E-state index contributed by atoms with van der Waals surface area (Å²) in [6.07, 6.45) is 4.84. The van der Waals surface area contributed by atoms with Crippen LogP contribution in [0.2, 0.25) is 0 Å². The molecule has 1 aliphatic rings. The van der Waals surface area contributed by atoms with Crippen molar-refractivity contribution in [1.29, 1.82) is 0 Å². The van der Waals surface area contributed by atoms with Gasteiger partial charge >= 0.3 is 0 Å². The topological polar surface area (TPSA) is 61.8 Å². The Morgan fingerprint density at radius 2 is 2.33 bits per heavy atom. The van der Waals surface area contributed by atoms with E-state index >= 15 is 0 Å². The third kappa shape index (κ3) is 6.84. The first kappa shape index (κ1) is 18.7. The van der Waals surface area contributed by atoms with Crippen molar-refractivity contribution in [1.82, 2.24) is 20.5 Å². The molecule has 1 aromatic heterocycles. The van der Waals surface area contributed by atoms with E-state index < -0.39 is 0 Å². The predicted octanol–water partition coefficient (Wildman–Crippen LogP) is 1.15. The third-order valence-electron chi connectivity index (χ3n) is 4.00. The fraction of sp³-hybridized carbons (Fsp3) is 0.667. The van der Waals surface area contributed by atoms with Crippen LogP contribution in [0.4, 0.5) is 0 Å². The van der Waals surface area contributed by atoms with E-state index in [2.05, 4.69) is 45.4 Å². The molecule has 24 heavy (non-hydrogen) atoms. The van der Waals surface area contributed by atoms with Crippen molar-refractivity contribution in [2.24, 2.45) is 10.9 Å². The quantitative estimate of drug-likeness (QED) is 0.579. The maximum Gasteiger partial charge on any atom is 0.191 e. The maximum absolute atomic E-state index is 5.86. The minimum absolute atomic E-state index is 0.217. The van der Waals surface area contributed by atoms with Crippen molar-refractivity contribution in [2.45, 2.75) is 26.4 Å². The summed E-state index contributed by atoms with van der Waals surface area (Å²) in [5, 5.41) is 6.71. The third-order valence-corrected chi connectivity index (χ3v) is 4.00. The molecule has 6 nitrogen and oxygen atoms in total. The van der Waals surface area contributed by atoms with Crippen LogP contribution in [0, 0.1) is 5.92 Å². The molecule has 1 fully saturated rings. The monoisotopic (exact) mass is 333 g/mol. The molecule has 2 heterocycles. The van der Waals surface area contributed by atoms with Gasteiger partial charge in [0.2, 0.25) is 0 Å². The Kier molecular flexibility index (Phi) is 7.98. The smallest absolute Gasteiger partial charge is 0.191 e. The second-order valence-corrected chi connectivity index (χ2v) is 6.64. The highest BCUT2D eigenvalue weighted by molar-refractivity contribution is 5.79. The summed E-state index contributed by atoms with van der Waals surface area (Å²) in [5.41, 5.74) is 1.22. The van der Waals surface area contributed by atoms with E-state index in [-0.39, 0.29) is 6.10 Å². The van der Waals surface area contributed by atoms with Crippen LogP contribution < -0.4 is 10.6 Å². The number of nitrogens with one attached hydrogen (secondary N) is 2. The van der Waals surface area contributed by atoms with Crippen LogP contribution >= 0.6 is 0 Å². The molecule has 0 saturated carbocycles. The number of aliphatic imine (C=N–C) groups is 1. The van der Waals surface area contributed by atoms with E-state index in [1.807, 2.05) is 12.3 Å². The van der Waals surface area contributed by atoms with Gasteiger partial charge in [-0.15, -0.1) is 0 Å². The number of hydrogen-bond acceptors (Lipinski definition) is 4. The van der Waals surface area contributed by atoms with Crippen LogP contribution in [0.25, 0.3) is 0 Å².